The number of azo groups is 1. The van der Waals surface area contributed by atoms with Crippen LogP contribution < -0.4 is 0 Å². The van der Waals surface area contributed by atoms with E-state index in [2.05, 4.69) is 15.2 Å². The van der Waals surface area contributed by atoms with Gasteiger partial charge in [-0.1, -0.05) is 42.5 Å². The molecule has 5 aromatic rings. The molecule has 0 fully saturated rings. The first-order valence-corrected chi connectivity index (χ1v) is 10.5. The lowest BCUT2D eigenvalue weighted by atomic mass is 10.0. The Labute approximate surface area is 197 Å². The van der Waals surface area contributed by atoms with E-state index in [9.17, 15) is 25.1 Å². The number of rotatable bonds is 5. The molecule has 0 bridgehead atoms. The fourth-order valence-corrected chi connectivity index (χ4v) is 3.81. The number of non-ortho nitro benzene ring substituents is 1. The number of hydrogen-bond donors (Lipinski definition) is 2. The lowest BCUT2D eigenvalue weighted by Crippen LogP contribution is -2.01. The van der Waals surface area contributed by atoms with Crippen molar-refractivity contribution in [2.75, 3.05) is 0 Å². The van der Waals surface area contributed by atoms with Crippen LogP contribution in [0.5, 0.6) is 5.75 Å². The third-order valence-electron chi connectivity index (χ3n) is 5.54. The number of aromatic hydroxyl groups is 1. The molecule has 1 heterocycles. The van der Waals surface area contributed by atoms with Gasteiger partial charge in [-0.05, 0) is 35.7 Å². The van der Waals surface area contributed by atoms with Gasteiger partial charge in [0.05, 0.1) is 27.4 Å². The number of nitro groups is 1. The second kappa shape index (κ2) is 8.64. The van der Waals surface area contributed by atoms with E-state index in [0.29, 0.717) is 28.1 Å². The molecule has 9 nitrogen and oxygen atoms in total. The van der Waals surface area contributed by atoms with Gasteiger partial charge in [0, 0.05) is 28.5 Å². The number of benzene rings is 4. The zero-order chi connectivity index (χ0) is 24.5. The monoisotopic (exact) mass is 464 g/mol. The maximum Gasteiger partial charge on any atom is 0.336 e. The van der Waals surface area contributed by atoms with Gasteiger partial charge in [-0.25, -0.2) is 9.78 Å². The molecule has 0 aliphatic rings. The number of phenolic OH excluding ortho intramolecular Hbond substituents is 1. The maximum atomic E-state index is 11.8. The average molecular weight is 464 g/mol. The van der Waals surface area contributed by atoms with Crippen LogP contribution in [-0.2, 0) is 0 Å². The molecule has 2 N–H and O–H groups in total. The van der Waals surface area contributed by atoms with Crippen LogP contribution in [0.3, 0.4) is 0 Å². The summed E-state index contributed by atoms with van der Waals surface area (Å²) in [6.07, 6.45) is 0. The highest BCUT2D eigenvalue weighted by Gasteiger charge is 2.16. The zero-order valence-corrected chi connectivity index (χ0v) is 18.0. The number of carboxylic acid groups (broad SMARTS) is 1. The Morgan fingerprint density at radius 1 is 0.886 bits per heavy atom. The van der Waals surface area contributed by atoms with E-state index in [1.54, 1.807) is 36.4 Å². The number of aromatic nitrogens is 1. The van der Waals surface area contributed by atoms with Gasteiger partial charge in [0.15, 0.2) is 0 Å². The Morgan fingerprint density at radius 2 is 1.66 bits per heavy atom. The topological polar surface area (TPSA) is 138 Å². The molecular weight excluding hydrogens is 448 g/mol. The quantitative estimate of drug-likeness (QED) is 0.167. The molecule has 0 saturated heterocycles. The number of hydrogen-bond acceptors (Lipinski definition) is 7. The number of pyridine rings is 1. The maximum absolute atomic E-state index is 11.8. The lowest BCUT2D eigenvalue weighted by molar-refractivity contribution is -0.384. The Bertz CT molecular complexity index is 1660. The molecule has 0 unspecified atom stereocenters. The van der Waals surface area contributed by atoms with Crippen molar-refractivity contribution in [2.45, 2.75) is 0 Å². The van der Waals surface area contributed by atoms with Crippen molar-refractivity contribution in [1.82, 2.24) is 4.98 Å². The smallest absolute Gasteiger partial charge is 0.336 e. The standard InChI is InChI=1S/C26H16N4O5/c31-24-12-7-15-3-1-2-4-19(15)25(24)29-28-17-8-5-16(6-9-17)23-14-21(26(32)33)20-13-18(30(34)35)10-11-22(20)27-23/h1-14,31H,(H,32,33). The normalized spacial score (nSPS) is 11.3. The molecule has 9 heteroatoms. The van der Waals surface area contributed by atoms with Gasteiger partial charge in [0.25, 0.3) is 5.69 Å². The van der Waals surface area contributed by atoms with Crippen LogP contribution in [0.2, 0.25) is 0 Å². The molecule has 0 spiro atoms. The summed E-state index contributed by atoms with van der Waals surface area (Å²) in [6, 6.07) is 23.1. The second-order valence-corrected chi connectivity index (χ2v) is 7.72. The molecular formula is C26H16N4O5. The summed E-state index contributed by atoms with van der Waals surface area (Å²) in [5.41, 5.74) is 1.98. The van der Waals surface area contributed by atoms with E-state index < -0.39 is 10.9 Å². The predicted molar refractivity (Wildman–Crippen MR) is 131 cm³/mol. The number of nitrogens with zero attached hydrogens (tertiary/aromatic N) is 4. The van der Waals surface area contributed by atoms with Gasteiger partial charge in [0.1, 0.15) is 11.4 Å². The highest BCUT2D eigenvalue weighted by Crippen LogP contribution is 2.36. The molecule has 1 aromatic heterocycles. The molecule has 0 aliphatic heterocycles. The molecule has 0 atom stereocenters. The van der Waals surface area contributed by atoms with Gasteiger partial charge >= 0.3 is 5.97 Å². The van der Waals surface area contributed by atoms with E-state index in [1.807, 2.05) is 24.3 Å². The van der Waals surface area contributed by atoms with Crippen molar-refractivity contribution in [1.29, 1.82) is 0 Å². The molecule has 5 rings (SSSR count). The van der Waals surface area contributed by atoms with Gasteiger partial charge in [-0.3, -0.25) is 10.1 Å². The van der Waals surface area contributed by atoms with Crippen molar-refractivity contribution < 1.29 is 19.9 Å². The van der Waals surface area contributed by atoms with Crippen LogP contribution in [-0.4, -0.2) is 26.1 Å². The number of carbonyl (C=O) groups is 1. The third kappa shape index (κ3) is 4.13. The molecule has 170 valence electrons. The van der Waals surface area contributed by atoms with E-state index in [4.69, 9.17) is 0 Å². The number of carboxylic acids is 1. The molecule has 0 radical (unpaired) electrons. The first-order chi connectivity index (χ1) is 16.9. The fraction of sp³-hybridized carbons (Fsp3) is 0. The fourth-order valence-electron chi connectivity index (χ4n) is 3.81. The Balaban J connectivity index is 1.50. The number of phenols is 1. The number of aromatic carboxylic acids is 1. The summed E-state index contributed by atoms with van der Waals surface area (Å²) in [6.45, 7) is 0. The minimum absolute atomic E-state index is 0.0193. The number of nitro benzene ring substituents is 1. The van der Waals surface area contributed by atoms with Crippen LogP contribution in [0.4, 0.5) is 17.1 Å². The summed E-state index contributed by atoms with van der Waals surface area (Å²) in [5.74, 6) is -1.19. The van der Waals surface area contributed by atoms with Crippen molar-refractivity contribution in [3.8, 4) is 17.0 Å². The average Bonchev–Trinajstić information content (AvgIpc) is 2.87. The molecule has 0 saturated carbocycles. The van der Waals surface area contributed by atoms with E-state index in [-0.39, 0.29) is 22.4 Å². The largest absolute Gasteiger partial charge is 0.506 e. The lowest BCUT2D eigenvalue weighted by Gasteiger charge is -2.07. The minimum atomic E-state index is -1.21. The minimum Gasteiger partial charge on any atom is -0.506 e. The molecule has 35 heavy (non-hydrogen) atoms. The zero-order valence-electron chi connectivity index (χ0n) is 18.0. The van der Waals surface area contributed by atoms with E-state index in [0.717, 1.165) is 10.8 Å². The Hall–Kier alpha value is -5.18. The summed E-state index contributed by atoms with van der Waals surface area (Å²) in [5, 5.41) is 41.3. The molecule has 0 aliphatic carbocycles. The van der Waals surface area contributed by atoms with Crippen molar-refractivity contribution in [3.05, 3.63) is 101 Å². The highest BCUT2D eigenvalue weighted by molar-refractivity contribution is 6.04. The predicted octanol–water partition coefficient (Wildman–Crippen LogP) is 6.78. The summed E-state index contributed by atoms with van der Waals surface area (Å²) < 4.78 is 0. The first kappa shape index (κ1) is 21.7. The van der Waals surface area contributed by atoms with E-state index in [1.165, 1.54) is 24.3 Å². The van der Waals surface area contributed by atoms with Crippen molar-refractivity contribution >= 4 is 44.7 Å². The van der Waals surface area contributed by atoms with Crippen LogP contribution in [0.25, 0.3) is 32.9 Å². The Kier molecular flexibility index (Phi) is 5.34. The second-order valence-electron chi connectivity index (χ2n) is 7.72. The first-order valence-electron chi connectivity index (χ1n) is 10.5. The SMILES string of the molecule is O=C(O)c1cc(-c2ccc(N=Nc3c(O)ccc4ccccc34)cc2)nc2ccc([N+](=O)[O-])cc12. The number of fused-ring (bicyclic) bond motifs is 2. The molecule has 0 amide bonds. The Morgan fingerprint density at radius 3 is 2.40 bits per heavy atom. The van der Waals surface area contributed by atoms with Crippen LogP contribution in [0, 0.1) is 10.1 Å². The highest BCUT2D eigenvalue weighted by atomic mass is 16.6. The van der Waals surface area contributed by atoms with Gasteiger partial charge < -0.3 is 10.2 Å². The summed E-state index contributed by atoms with van der Waals surface area (Å²) in [4.78, 5) is 26.8. The van der Waals surface area contributed by atoms with E-state index >= 15 is 0 Å². The van der Waals surface area contributed by atoms with Gasteiger partial charge in [0.2, 0.25) is 0 Å². The van der Waals surface area contributed by atoms with Gasteiger partial charge in [-0.15, -0.1) is 5.11 Å². The summed E-state index contributed by atoms with van der Waals surface area (Å²) >= 11 is 0. The molecule has 4 aromatic carbocycles. The van der Waals surface area contributed by atoms with Crippen LogP contribution in [0.15, 0.2) is 95.2 Å². The van der Waals surface area contributed by atoms with Crippen LogP contribution in [0.1, 0.15) is 10.4 Å². The third-order valence-corrected chi connectivity index (χ3v) is 5.54. The summed E-state index contributed by atoms with van der Waals surface area (Å²) in [7, 11) is 0. The van der Waals surface area contributed by atoms with Gasteiger partial charge in [-0.2, -0.15) is 5.11 Å². The van der Waals surface area contributed by atoms with Crippen LogP contribution >= 0.6 is 0 Å². The van der Waals surface area contributed by atoms with Crippen molar-refractivity contribution in [2.24, 2.45) is 10.2 Å². The van der Waals surface area contributed by atoms with Crippen molar-refractivity contribution in [3.63, 3.8) is 0 Å².